The van der Waals surface area contributed by atoms with E-state index in [1.165, 1.54) is 20.8 Å². The van der Waals surface area contributed by atoms with Crippen LogP contribution in [0.5, 0.6) is 0 Å². The summed E-state index contributed by atoms with van der Waals surface area (Å²) >= 11 is 0. The van der Waals surface area contributed by atoms with Gasteiger partial charge in [-0.2, -0.15) is 0 Å². The summed E-state index contributed by atoms with van der Waals surface area (Å²) in [7, 11) is 0.912. The predicted octanol–water partition coefficient (Wildman–Crippen LogP) is 0.741. The van der Waals surface area contributed by atoms with Gasteiger partial charge in [0, 0.05) is 0 Å². The van der Waals surface area contributed by atoms with Crippen LogP contribution in [0, 0.1) is 0 Å². The molecule has 0 fully saturated rings. The molecule has 11 heteroatoms. The van der Waals surface area contributed by atoms with Crippen LogP contribution < -0.4 is 10.6 Å². The minimum absolute atomic E-state index is 0.912. The highest BCUT2D eigenvalue weighted by molar-refractivity contribution is 5.87. The second-order valence-corrected chi connectivity index (χ2v) is 7.68. The molecule has 0 aliphatic rings. The largest absolute Gasteiger partial charge is 0.481 e. The van der Waals surface area contributed by atoms with Crippen LogP contribution in [0.1, 0.15) is 48.0 Å². The molecule has 0 aromatic heterocycles. The standard InChI is InChI=1S/C16H28N2O9/c1-14(2,3)26-12(22)17-9(8-10(19)20)16(24,11(21)25-7)18-13(23)27-15(4,5)6/h9,24H,8H2,1-7H3,(H,17,22)(H,18,23)(H,19,20). The van der Waals surface area contributed by atoms with Gasteiger partial charge < -0.3 is 29.7 Å². The van der Waals surface area contributed by atoms with Crippen molar-refractivity contribution >= 4 is 24.1 Å². The van der Waals surface area contributed by atoms with Crippen molar-refractivity contribution in [1.82, 2.24) is 10.6 Å². The lowest BCUT2D eigenvalue weighted by Crippen LogP contribution is -2.68. The van der Waals surface area contributed by atoms with Gasteiger partial charge in [-0.25, -0.2) is 14.4 Å². The molecule has 2 amide bonds. The number of hydrogen-bond donors (Lipinski definition) is 4. The SMILES string of the molecule is COC(=O)C(O)(NC(=O)OC(C)(C)C)C(CC(=O)O)NC(=O)OC(C)(C)C. The molecule has 2 atom stereocenters. The number of methoxy groups -OCH3 is 1. The van der Waals surface area contributed by atoms with E-state index in [2.05, 4.69) is 10.1 Å². The van der Waals surface area contributed by atoms with Crippen molar-refractivity contribution in [2.45, 2.75) is 70.9 Å². The topological polar surface area (TPSA) is 160 Å². The number of esters is 1. The van der Waals surface area contributed by atoms with Crippen LogP contribution in [0.25, 0.3) is 0 Å². The van der Waals surface area contributed by atoms with Crippen LogP contribution in [0.15, 0.2) is 0 Å². The smallest absolute Gasteiger partial charge is 0.410 e. The number of hydrogen-bond acceptors (Lipinski definition) is 8. The molecule has 0 spiro atoms. The van der Waals surface area contributed by atoms with Crippen molar-refractivity contribution < 1.29 is 43.6 Å². The first-order chi connectivity index (χ1) is 12.0. The molecule has 0 aliphatic heterocycles. The molecular weight excluding hydrogens is 364 g/mol. The highest BCUT2D eigenvalue weighted by atomic mass is 16.6. The van der Waals surface area contributed by atoms with E-state index in [-0.39, 0.29) is 0 Å². The number of aliphatic carboxylic acids is 1. The third-order valence-electron chi connectivity index (χ3n) is 2.76. The van der Waals surface area contributed by atoms with E-state index in [1.54, 1.807) is 20.8 Å². The fourth-order valence-electron chi connectivity index (χ4n) is 1.82. The highest BCUT2D eigenvalue weighted by Gasteiger charge is 2.50. The summed E-state index contributed by atoms with van der Waals surface area (Å²) in [5, 5.41) is 23.7. The van der Waals surface area contributed by atoms with E-state index >= 15 is 0 Å². The Morgan fingerprint density at radius 1 is 0.926 bits per heavy atom. The molecule has 0 bridgehead atoms. The second kappa shape index (κ2) is 8.89. The molecule has 0 aromatic rings. The molecule has 27 heavy (non-hydrogen) atoms. The maximum absolute atomic E-state index is 12.1. The number of alkyl carbamates (subject to hydrolysis) is 2. The van der Waals surface area contributed by atoms with Gasteiger partial charge in [-0.15, -0.1) is 0 Å². The zero-order valence-corrected chi connectivity index (χ0v) is 16.5. The average Bonchev–Trinajstić information content (AvgIpc) is 2.40. The minimum Gasteiger partial charge on any atom is -0.481 e. The second-order valence-electron chi connectivity index (χ2n) is 7.68. The van der Waals surface area contributed by atoms with E-state index in [0.29, 0.717) is 0 Å². The summed E-state index contributed by atoms with van der Waals surface area (Å²) in [6, 6.07) is -1.81. The zero-order valence-electron chi connectivity index (χ0n) is 16.5. The summed E-state index contributed by atoms with van der Waals surface area (Å²) in [4.78, 5) is 47.2. The maximum atomic E-state index is 12.1. The average molecular weight is 392 g/mol. The molecule has 0 aliphatic carbocycles. The Morgan fingerprint density at radius 3 is 1.74 bits per heavy atom. The first-order valence-corrected chi connectivity index (χ1v) is 8.03. The number of aliphatic hydroxyl groups is 1. The molecule has 2 unspecified atom stereocenters. The molecule has 0 heterocycles. The van der Waals surface area contributed by atoms with Crippen molar-refractivity contribution in [1.29, 1.82) is 0 Å². The first kappa shape index (κ1) is 24.4. The van der Waals surface area contributed by atoms with Gasteiger partial charge in [-0.1, -0.05) is 0 Å². The zero-order chi connectivity index (χ0) is 21.6. The van der Waals surface area contributed by atoms with Crippen LogP contribution in [0.4, 0.5) is 9.59 Å². The summed E-state index contributed by atoms with van der Waals surface area (Å²) in [5.74, 6) is -2.87. The Kier molecular flexibility index (Phi) is 8.05. The third-order valence-corrected chi connectivity index (χ3v) is 2.76. The molecule has 0 radical (unpaired) electrons. The first-order valence-electron chi connectivity index (χ1n) is 8.03. The number of carboxylic acids is 1. The van der Waals surface area contributed by atoms with Crippen LogP contribution in [0.2, 0.25) is 0 Å². The van der Waals surface area contributed by atoms with Crippen molar-refractivity contribution in [3.63, 3.8) is 0 Å². The Morgan fingerprint density at radius 2 is 1.37 bits per heavy atom. The molecule has 0 saturated carbocycles. The Labute approximate surface area is 157 Å². The van der Waals surface area contributed by atoms with E-state index in [9.17, 15) is 24.3 Å². The molecule has 0 rings (SSSR count). The van der Waals surface area contributed by atoms with Crippen molar-refractivity contribution in [3.8, 4) is 0 Å². The monoisotopic (exact) mass is 392 g/mol. The summed E-state index contributed by atoms with van der Waals surface area (Å²) in [5.41, 5.74) is -4.83. The molecular formula is C16H28N2O9. The number of amides is 2. The molecule has 11 nitrogen and oxygen atoms in total. The summed E-state index contributed by atoms with van der Waals surface area (Å²) < 4.78 is 14.4. The predicted molar refractivity (Wildman–Crippen MR) is 91.7 cm³/mol. The highest BCUT2D eigenvalue weighted by Crippen LogP contribution is 2.17. The molecule has 0 aromatic carbocycles. The number of carbonyl (C=O) groups excluding carboxylic acids is 3. The van der Waals surface area contributed by atoms with E-state index in [1.807, 2.05) is 5.32 Å². The summed E-state index contributed by atoms with van der Waals surface area (Å²) in [6.45, 7) is 9.30. The Bertz CT molecular complexity index is 577. The summed E-state index contributed by atoms with van der Waals surface area (Å²) in [6.07, 6.45) is -3.26. The van der Waals surface area contributed by atoms with Crippen LogP contribution in [0.3, 0.4) is 0 Å². The minimum atomic E-state index is -2.92. The third kappa shape index (κ3) is 9.08. The Hall–Kier alpha value is -2.56. The van der Waals surface area contributed by atoms with E-state index < -0.39 is 53.5 Å². The number of carboxylic acid groups (broad SMARTS) is 1. The maximum Gasteiger partial charge on any atom is 0.410 e. The lowest BCUT2D eigenvalue weighted by Gasteiger charge is -2.34. The van der Waals surface area contributed by atoms with Gasteiger partial charge in [0.1, 0.15) is 17.2 Å². The van der Waals surface area contributed by atoms with Gasteiger partial charge in [0.15, 0.2) is 0 Å². The lowest BCUT2D eigenvalue weighted by molar-refractivity contribution is -0.171. The normalized spacial score (nSPS) is 15.0. The van der Waals surface area contributed by atoms with Crippen molar-refractivity contribution in [3.05, 3.63) is 0 Å². The molecule has 0 saturated heterocycles. The molecule has 4 N–H and O–H groups in total. The fourth-order valence-corrected chi connectivity index (χ4v) is 1.82. The quantitative estimate of drug-likeness (QED) is 0.290. The van der Waals surface area contributed by atoms with Crippen LogP contribution in [-0.2, 0) is 23.8 Å². The van der Waals surface area contributed by atoms with E-state index in [0.717, 1.165) is 7.11 Å². The van der Waals surface area contributed by atoms with Crippen molar-refractivity contribution in [2.24, 2.45) is 0 Å². The number of rotatable bonds is 6. The fraction of sp³-hybridized carbons (Fsp3) is 0.750. The van der Waals surface area contributed by atoms with Gasteiger partial charge >= 0.3 is 24.1 Å². The van der Waals surface area contributed by atoms with Crippen molar-refractivity contribution in [2.75, 3.05) is 7.11 Å². The lowest BCUT2D eigenvalue weighted by atomic mass is 10.0. The van der Waals surface area contributed by atoms with Gasteiger partial charge in [0.2, 0.25) is 0 Å². The van der Waals surface area contributed by atoms with E-state index in [4.69, 9.17) is 14.6 Å². The van der Waals surface area contributed by atoms with Crippen LogP contribution >= 0.6 is 0 Å². The molecule has 156 valence electrons. The van der Waals surface area contributed by atoms with Gasteiger partial charge in [-0.05, 0) is 41.5 Å². The van der Waals surface area contributed by atoms with Gasteiger partial charge in [0.25, 0.3) is 5.72 Å². The van der Waals surface area contributed by atoms with Gasteiger partial charge in [0.05, 0.1) is 13.5 Å². The van der Waals surface area contributed by atoms with Gasteiger partial charge in [-0.3, -0.25) is 10.1 Å². The number of nitrogens with one attached hydrogen (secondary N) is 2. The Balaban J connectivity index is 5.73. The number of ether oxygens (including phenoxy) is 3. The number of carbonyl (C=O) groups is 4. The van der Waals surface area contributed by atoms with Crippen LogP contribution in [-0.4, -0.2) is 64.4 Å².